The maximum absolute atomic E-state index is 13.6. The lowest BCUT2D eigenvalue weighted by Crippen LogP contribution is -2.38. The molecule has 1 aromatic heterocycles. The van der Waals surface area contributed by atoms with Gasteiger partial charge in [-0.3, -0.25) is 4.79 Å². The van der Waals surface area contributed by atoms with Crippen molar-refractivity contribution in [1.29, 1.82) is 5.26 Å². The van der Waals surface area contributed by atoms with Gasteiger partial charge in [-0.2, -0.15) is 5.26 Å². The number of aromatic nitrogens is 2. The predicted molar refractivity (Wildman–Crippen MR) is 129 cm³/mol. The summed E-state index contributed by atoms with van der Waals surface area (Å²) in [5.74, 6) is 1.84. The molecule has 5 rings (SSSR count). The van der Waals surface area contributed by atoms with Gasteiger partial charge in [-0.05, 0) is 80.2 Å². The van der Waals surface area contributed by atoms with Gasteiger partial charge in [0.25, 0.3) is 5.91 Å². The number of nitrogens with zero attached hydrogens (tertiary/aromatic N) is 3. The Labute approximate surface area is 195 Å². The molecule has 5 nitrogen and oxygen atoms in total. The summed E-state index contributed by atoms with van der Waals surface area (Å²) in [5, 5.41) is 9.45. The van der Waals surface area contributed by atoms with Crippen LogP contribution in [0.15, 0.2) is 42.6 Å². The molecule has 2 fully saturated rings. The molecule has 0 unspecified atom stereocenters. The second-order valence-electron chi connectivity index (χ2n) is 9.56. The number of H-pyrrole nitrogens is 1. The van der Waals surface area contributed by atoms with Crippen molar-refractivity contribution in [2.24, 2.45) is 0 Å². The van der Waals surface area contributed by atoms with Crippen molar-refractivity contribution in [2.75, 3.05) is 13.1 Å². The number of amides is 1. The average Bonchev–Trinajstić information content (AvgIpc) is 3.24. The van der Waals surface area contributed by atoms with E-state index in [0.29, 0.717) is 24.9 Å². The Morgan fingerprint density at radius 1 is 1.06 bits per heavy atom. The van der Waals surface area contributed by atoms with Crippen LogP contribution >= 0.6 is 0 Å². The zero-order valence-electron chi connectivity index (χ0n) is 19.4. The smallest absolute Gasteiger partial charge is 0.254 e. The molecule has 0 radical (unpaired) electrons. The molecule has 3 aromatic rings. The van der Waals surface area contributed by atoms with Gasteiger partial charge in [-0.25, -0.2) is 4.98 Å². The largest absolute Gasteiger partial charge is 0.342 e. The number of aromatic amines is 1. The van der Waals surface area contributed by atoms with Crippen molar-refractivity contribution in [2.45, 2.75) is 57.8 Å². The fraction of sp³-hybridized carbons (Fsp3) is 0.393. The van der Waals surface area contributed by atoms with Crippen molar-refractivity contribution in [3.63, 3.8) is 0 Å². The molecule has 1 N–H and O–H groups in total. The SMILES string of the molecule is Cc1cnc(-c2cc(C(=O)N3CCC(c4ccccc4C#N)CC3)c(C)cc2C2CCC2)[nH]1. The lowest BCUT2D eigenvalue weighted by atomic mass is 9.77. The Bertz CT molecular complexity index is 1220. The van der Waals surface area contributed by atoms with Crippen LogP contribution in [0.4, 0.5) is 0 Å². The summed E-state index contributed by atoms with van der Waals surface area (Å²) in [4.78, 5) is 23.5. The highest BCUT2D eigenvalue weighted by molar-refractivity contribution is 5.97. The first-order chi connectivity index (χ1) is 16.0. The summed E-state index contributed by atoms with van der Waals surface area (Å²) < 4.78 is 0. The number of nitriles is 1. The van der Waals surface area contributed by atoms with Crippen molar-refractivity contribution >= 4 is 5.91 Å². The van der Waals surface area contributed by atoms with Gasteiger partial charge in [-0.15, -0.1) is 0 Å². The molecular formula is C28H30N4O. The zero-order valence-corrected chi connectivity index (χ0v) is 19.4. The van der Waals surface area contributed by atoms with Crippen LogP contribution in [0.2, 0.25) is 0 Å². The molecule has 0 bridgehead atoms. The molecule has 168 valence electrons. The Kier molecular flexibility index (Phi) is 5.76. The number of benzene rings is 2. The van der Waals surface area contributed by atoms with Crippen molar-refractivity contribution < 1.29 is 4.79 Å². The van der Waals surface area contributed by atoms with Crippen LogP contribution in [0, 0.1) is 25.2 Å². The van der Waals surface area contributed by atoms with Gasteiger partial charge in [0.1, 0.15) is 5.82 Å². The summed E-state index contributed by atoms with van der Waals surface area (Å²) >= 11 is 0. The average molecular weight is 439 g/mol. The number of nitrogens with one attached hydrogen (secondary N) is 1. The Morgan fingerprint density at radius 3 is 2.42 bits per heavy atom. The number of hydrogen-bond acceptors (Lipinski definition) is 3. The third-order valence-corrected chi connectivity index (χ3v) is 7.43. The van der Waals surface area contributed by atoms with Crippen LogP contribution in [-0.2, 0) is 0 Å². The van der Waals surface area contributed by atoms with Crippen LogP contribution in [0.25, 0.3) is 11.4 Å². The molecule has 0 spiro atoms. The molecule has 5 heteroatoms. The standard InChI is InChI=1S/C28H30N4O/c1-18-14-25(20-7-5-8-20)26(27-30-17-19(2)31-27)15-24(18)28(33)32-12-10-21(11-13-32)23-9-4-3-6-22(23)16-29/h3-4,6,9,14-15,17,20-21H,5,7-8,10-13H2,1-2H3,(H,30,31). The zero-order chi connectivity index (χ0) is 22.9. The quantitative estimate of drug-likeness (QED) is 0.555. The number of hydrogen-bond donors (Lipinski definition) is 1. The fourth-order valence-electron chi connectivity index (χ4n) is 5.29. The first-order valence-corrected chi connectivity index (χ1v) is 12.0. The van der Waals surface area contributed by atoms with Crippen LogP contribution in [0.5, 0.6) is 0 Å². The third-order valence-electron chi connectivity index (χ3n) is 7.43. The number of imidazole rings is 1. The van der Waals surface area contributed by atoms with Crippen LogP contribution < -0.4 is 0 Å². The molecule has 1 saturated carbocycles. The van der Waals surface area contributed by atoms with E-state index in [1.54, 1.807) is 0 Å². The molecule has 0 atom stereocenters. The number of piperidine rings is 1. The highest BCUT2D eigenvalue weighted by atomic mass is 16.2. The molecule has 1 saturated heterocycles. The van der Waals surface area contributed by atoms with E-state index in [0.717, 1.165) is 52.2 Å². The Hall–Kier alpha value is -3.39. The molecular weight excluding hydrogens is 408 g/mol. The van der Waals surface area contributed by atoms with Gasteiger partial charge in [0.2, 0.25) is 0 Å². The normalized spacial score (nSPS) is 16.9. The fourth-order valence-corrected chi connectivity index (χ4v) is 5.29. The summed E-state index contributed by atoms with van der Waals surface area (Å²) in [6, 6.07) is 14.5. The number of likely N-dealkylation sites (tertiary alicyclic amines) is 1. The highest BCUT2D eigenvalue weighted by Crippen LogP contribution is 2.42. The second kappa shape index (κ2) is 8.86. The second-order valence-corrected chi connectivity index (χ2v) is 9.56. The number of carbonyl (C=O) groups is 1. The van der Waals surface area contributed by atoms with E-state index in [4.69, 9.17) is 0 Å². The lowest BCUT2D eigenvalue weighted by Gasteiger charge is -2.33. The van der Waals surface area contributed by atoms with E-state index in [2.05, 4.69) is 41.2 Å². The maximum atomic E-state index is 13.6. The topological polar surface area (TPSA) is 72.8 Å². The van der Waals surface area contributed by atoms with E-state index < -0.39 is 0 Å². The monoisotopic (exact) mass is 438 g/mol. The first-order valence-electron chi connectivity index (χ1n) is 12.0. The molecule has 33 heavy (non-hydrogen) atoms. The molecule has 1 aliphatic carbocycles. The molecule has 2 aromatic carbocycles. The summed E-state index contributed by atoms with van der Waals surface area (Å²) in [7, 11) is 0. The number of carbonyl (C=O) groups excluding carboxylic acids is 1. The number of aryl methyl sites for hydroxylation is 2. The third kappa shape index (κ3) is 4.06. The van der Waals surface area contributed by atoms with Gasteiger partial charge in [-0.1, -0.05) is 30.7 Å². The molecule has 2 aliphatic rings. The van der Waals surface area contributed by atoms with E-state index in [1.807, 2.05) is 36.2 Å². The van der Waals surface area contributed by atoms with Gasteiger partial charge in [0, 0.05) is 36.1 Å². The predicted octanol–water partition coefficient (Wildman–Crippen LogP) is 5.85. The minimum atomic E-state index is 0.101. The summed E-state index contributed by atoms with van der Waals surface area (Å²) in [6.07, 6.45) is 7.30. The summed E-state index contributed by atoms with van der Waals surface area (Å²) in [5.41, 5.74) is 7.10. The van der Waals surface area contributed by atoms with Crippen LogP contribution in [0.1, 0.15) is 82.2 Å². The number of rotatable bonds is 4. The van der Waals surface area contributed by atoms with Crippen LogP contribution in [-0.4, -0.2) is 33.9 Å². The molecule has 2 heterocycles. The summed E-state index contributed by atoms with van der Waals surface area (Å²) in [6.45, 7) is 5.49. The van der Waals surface area contributed by atoms with E-state index in [-0.39, 0.29) is 5.91 Å². The maximum Gasteiger partial charge on any atom is 0.254 e. The lowest BCUT2D eigenvalue weighted by molar-refractivity contribution is 0.0712. The van der Waals surface area contributed by atoms with Gasteiger partial charge < -0.3 is 9.88 Å². The van der Waals surface area contributed by atoms with E-state index in [9.17, 15) is 10.1 Å². The minimum Gasteiger partial charge on any atom is -0.342 e. The van der Waals surface area contributed by atoms with Gasteiger partial charge in [0.05, 0.1) is 11.6 Å². The molecule has 1 amide bonds. The van der Waals surface area contributed by atoms with E-state index in [1.165, 1.54) is 24.8 Å². The van der Waals surface area contributed by atoms with Gasteiger partial charge in [0.15, 0.2) is 0 Å². The van der Waals surface area contributed by atoms with E-state index >= 15 is 0 Å². The van der Waals surface area contributed by atoms with Crippen molar-refractivity contribution in [3.05, 3.63) is 76.1 Å². The molecule has 1 aliphatic heterocycles. The van der Waals surface area contributed by atoms with Crippen molar-refractivity contribution in [1.82, 2.24) is 14.9 Å². The Morgan fingerprint density at radius 2 is 1.79 bits per heavy atom. The Balaban J connectivity index is 1.39. The van der Waals surface area contributed by atoms with Crippen molar-refractivity contribution in [3.8, 4) is 17.5 Å². The minimum absolute atomic E-state index is 0.101. The first kappa shape index (κ1) is 21.5. The highest BCUT2D eigenvalue weighted by Gasteiger charge is 2.29. The van der Waals surface area contributed by atoms with Gasteiger partial charge >= 0.3 is 0 Å². The van der Waals surface area contributed by atoms with Crippen LogP contribution in [0.3, 0.4) is 0 Å².